The summed E-state index contributed by atoms with van der Waals surface area (Å²) in [7, 11) is 0. The monoisotopic (exact) mass is 458 g/mol. The Labute approximate surface area is 193 Å². The fourth-order valence-corrected chi connectivity index (χ4v) is 3.97. The zero-order valence-corrected chi connectivity index (χ0v) is 18.3. The second-order valence-electron chi connectivity index (χ2n) is 8.11. The molecule has 3 aromatic carbocycles. The molecule has 8 heteroatoms. The van der Waals surface area contributed by atoms with Gasteiger partial charge in [0.1, 0.15) is 11.6 Å². The lowest BCUT2D eigenvalue weighted by atomic mass is 10.2. The minimum atomic E-state index is -0.724. The van der Waals surface area contributed by atoms with Crippen molar-refractivity contribution in [2.45, 2.75) is 20.0 Å². The minimum Gasteiger partial charge on any atom is -0.320 e. The molecule has 5 rings (SSSR count). The van der Waals surface area contributed by atoms with Crippen molar-refractivity contribution in [2.75, 3.05) is 0 Å². The molecule has 0 saturated carbocycles. The smallest absolute Gasteiger partial charge is 0.320 e. The maximum Gasteiger partial charge on any atom is 0.337 e. The third kappa shape index (κ3) is 3.83. The van der Waals surface area contributed by atoms with Crippen LogP contribution in [0.25, 0.3) is 16.9 Å². The van der Waals surface area contributed by atoms with E-state index in [0.29, 0.717) is 5.69 Å². The summed E-state index contributed by atoms with van der Waals surface area (Å²) in [6.07, 6.45) is 1.39. The lowest BCUT2D eigenvalue weighted by Crippen LogP contribution is -2.40. The number of nitrogens with zero attached hydrogens (tertiary/aromatic N) is 4. The molecule has 5 aromatic rings. The van der Waals surface area contributed by atoms with Crippen LogP contribution in [0.15, 0.2) is 88.7 Å². The first kappa shape index (κ1) is 21.5. The highest BCUT2D eigenvalue weighted by molar-refractivity contribution is 5.72. The lowest BCUT2D eigenvalue weighted by Gasteiger charge is -2.13. The summed E-state index contributed by atoms with van der Waals surface area (Å²) in [5.41, 5.74) is 1.82. The second-order valence-corrected chi connectivity index (χ2v) is 8.11. The molecule has 0 radical (unpaired) electrons. The summed E-state index contributed by atoms with van der Waals surface area (Å²) in [6.45, 7) is 1.95. The van der Waals surface area contributed by atoms with E-state index in [-0.39, 0.29) is 29.8 Å². The van der Waals surface area contributed by atoms with Gasteiger partial charge >= 0.3 is 5.69 Å². The summed E-state index contributed by atoms with van der Waals surface area (Å²) in [4.78, 5) is 31.4. The summed E-state index contributed by atoms with van der Waals surface area (Å²) in [5.74, 6) is -1.41. The van der Waals surface area contributed by atoms with Crippen molar-refractivity contribution < 1.29 is 8.78 Å². The quantitative estimate of drug-likeness (QED) is 0.400. The number of hydrogen-bond acceptors (Lipinski definition) is 3. The highest BCUT2D eigenvalue weighted by Crippen LogP contribution is 2.17. The van der Waals surface area contributed by atoms with E-state index in [0.717, 1.165) is 27.8 Å². The molecule has 6 nitrogen and oxygen atoms in total. The molecule has 0 spiro atoms. The van der Waals surface area contributed by atoms with Crippen molar-refractivity contribution in [3.8, 4) is 5.69 Å². The van der Waals surface area contributed by atoms with Crippen molar-refractivity contribution in [2.24, 2.45) is 0 Å². The average Bonchev–Trinajstić information content (AvgIpc) is 3.24. The maximum atomic E-state index is 14.3. The van der Waals surface area contributed by atoms with Gasteiger partial charge in [-0.15, -0.1) is 0 Å². The zero-order valence-electron chi connectivity index (χ0n) is 18.3. The standard InChI is InChI=1S/C26H20F2N4O2/c1-17-7-11-21(12-8-17)32-24-23(25(33)31(26(32)34)14-18-5-3-2-4-6-18)30(16-29-24)15-19-9-10-20(27)13-22(19)28/h2-13,16H,14-15H2,1H3. The van der Waals surface area contributed by atoms with E-state index >= 15 is 0 Å². The molecule has 0 aliphatic carbocycles. The van der Waals surface area contributed by atoms with Crippen molar-refractivity contribution in [1.82, 2.24) is 18.7 Å². The SMILES string of the molecule is Cc1ccc(-n2c(=O)n(Cc3ccccc3)c(=O)c3c2ncn3Cc2ccc(F)cc2F)cc1. The minimum absolute atomic E-state index is 0.0463. The number of hydrogen-bond donors (Lipinski definition) is 0. The van der Waals surface area contributed by atoms with Gasteiger partial charge in [0.25, 0.3) is 5.56 Å². The molecular formula is C26H20F2N4O2. The molecular weight excluding hydrogens is 438 g/mol. The number of aryl methyl sites for hydroxylation is 1. The molecule has 0 amide bonds. The number of imidazole rings is 1. The predicted octanol–water partition coefficient (Wildman–Crippen LogP) is 4.03. The molecule has 0 unspecified atom stereocenters. The Morgan fingerprint density at radius 3 is 2.32 bits per heavy atom. The van der Waals surface area contributed by atoms with Gasteiger partial charge in [0.05, 0.1) is 25.1 Å². The topological polar surface area (TPSA) is 61.8 Å². The van der Waals surface area contributed by atoms with Crippen LogP contribution in [0.5, 0.6) is 0 Å². The number of rotatable bonds is 5. The number of halogens is 2. The molecule has 0 aliphatic heterocycles. The Bertz CT molecular complexity index is 1620. The zero-order chi connectivity index (χ0) is 23.8. The highest BCUT2D eigenvalue weighted by atomic mass is 19.1. The molecule has 0 fully saturated rings. The Kier molecular flexibility index (Phi) is 5.41. The van der Waals surface area contributed by atoms with Crippen molar-refractivity contribution in [3.63, 3.8) is 0 Å². The highest BCUT2D eigenvalue weighted by Gasteiger charge is 2.20. The number of benzene rings is 3. The average molecular weight is 458 g/mol. The molecule has 0 atom stereocenters. The maximum absolute atomic E-state index is 14.3. The van der Waals surface area contributed by atoms with Gasteiger partial charge < -0.3 is 4.57 Å². The Hall–Kier alpha value is -4.33. The van der Waals surface area contributed by atoms with E-state index in [1.54, 1.807) is 12.1 Å². The van der Waals surface area contributed by atoms with Gasteiger partial charge in [-0.1, -0.05) is 54.1 Å². The van der Waals surface area contributed by atoms with Crippen LogP contribution in [-0.4, -0.2) is 18.7 Å². The predicted molar refractivity (Wildman–Crippen MR) is 125 cm³/mol. The fraction of sp³-hybridized carbons (Fsp3) is 0.115. The van der Waals surface area contributed by atoms with Crippen LogP contribution in [0.3, 0.4) is 0 Å². The molecule has 0 N–H and O–H groups in total. The van der Waals surface area contributed by atoms with Gasteiger partial charge in [-0.25, -0.2) is 23.1 Å². The van der Waals surface area contributed by atoms with Crippen LogP contribution in [0.2, 0.25) is 0 Å². The summed E-state index contributed by atoms with van der Waals surface area (Å²) >= 11 is 0. The fourth-order valence-electron chi connectivity index (χ4n) is 3.97. The van der Waals surface area contributed by atoms with Crippen LogP contribution in [0, 0.1) is 18.6 Å². The third-order valence-electron chi connectivity index (χ3n) is 5.73. The second kappa shape index (κ2) is 8.55. The molecule has 0 bridgehead atoms. The van der Waals surface area contributed by atoms with Crippen molar-refractivity contribution >= 4 is 11.2 Å². The molecule has 0 saturated heterocycles. The van der Waals surface area contributed by atoms with Gasteiger partial charge in [0, 0.05) is 11.6 Å². The largest absolute Gasteiger partial charge is 0.337 e. The first-order valence-corrected chi connectivity index (χ1v) is 10.7. The van der Waals surface area contributed by atoms with E-state index in [9.17, 15) is 18.4 Å². The number of aromatic nitrogens is 4. The summed E-state index contributed by atoms with van der Waals surface area (Å²) < 4.78 is 31.7. The van der Waals surface area contributed by atoms with E-state index in [1.807, 2.05) is 49.4 Å². The molecule has 0 aliphatic rings. The molecule has 34 heavy (non-hydrogen) atoms. The van der Waals surface area contributed by atoms with E-state index in [1.165, 1.54) is 21.5 Å². The molecule has 2 aromatic heterocycles. The first-order chi connectivity index (χ1) is 16.4. The van der Waals surface area contributed by atoms with Gasteiger partial charge in [-0.05, 0) is 30.7 Å². The van der Waals surface area contributed by atoms with Crippen LogP contribution in [0.4, 0.5) is 8.78 Å². The molecule has 170 valence electrons. The van der Waals surface area contributed by atoms with Crippen molar-refractivity contribution in [1.29, 1.82) is 0 Å². The van der Waals surface area contributed by atoms with E-state index in [2.05, 4.69) is 4.98 Å². The van der Waals surface area contributed by atoms with Gasteiger partial charge in [0.2, 0.25) is 0 Å². The van der Waals surface area contributed by atoms with E-state index in [4.69, 9.17) is 0 Å². The van der Waals surface area contributed by atoms with Crippen LogP contribution >= 0.6 is 0 Å². The van der Waals surface area contributed by atoms with Crippen LogP contribution < -0.4 is 11.2 Å². The Balaban J connectivity index is 1.75. The number of fused-ring (bicyclic) bond motifs is 1. The first-order valence-electron chi connectivity index (χ1n) is 10.7. The summed E-state index contributed by atoms with van der Waals surface area (Å²) in [5, 5.41) is 0. The lowest BCUT2D eigenvalue weighted by molar-refractivity contribution is 0.567. The van der Waals surface area contributed by atoms with Crippen LogP contribution in [-0.2, 0) is 13.1 Å². The Morgan fingerprint density at radius 1 is 0.882 bits per heavy atom. The van der Waals surface area contributed by atoms with Gasteiger partial charge in [0.15, 0.2) is 11.2 Å². The van der Waals surface area contributed by atoms with Crippen LogP contribution in [0.1, 0.15) is 16.7 Å². The summed E-state index contributed by atoms with van der Waals surface area (Å²) in [6, 6.07) is 19.8. The normalized spacial score (nSPS) is 11.3. The van der Waals surface area contributed by atoms with Gasteiger partial charge in [-0.2, -0.15) is 0 Å². The molecule has 2 heterocycles. The van der Waals surface area contributed by atoms with Crippen molar-refractivity contribution in [3.05, 3.63) is 128 Å². The van der Waals surface area contributed by atoms with E-state index < -0.39 is 22.9 Å². The Morgan fingerprint density at radius 2 is 1.62 bits per heavy atom. The third-order valence-corrected chi connectivity index (χ3v) is 5.73. The van der Waals surface area contributed by atoms with Gasteiger partial charge in [-0.3, -0.25) is 9.36 Å².